The van der Waals surface area contributed by atoms with Gasteiger partial charge in [-0.1, -0.05) is 42.5 Å². The lowest BCUT2D eigenvalue weighted by atomic mass is 10.1. The first-order chi connectivity index (χ1) is 14.1. The van der Waals surface area contributed by atoms with Crippen LogP contribution in [0.1, 0.15) is 11.1 Å². The number of aromatic nitrogens is 1. The molecule has 3 aromatic carbocycles. The van der Waals surface area contributed by atoms with Crippen molar-refractivity contribution in [1.29, 1.82) is 0 Å². The molecule has 6 heteroatoms. The maximum absolute atomic E-state index is 12.2. The summed E-state index contributed by atoms with van der Waals surface area (Å²) in [4.78, 5) is 16.9. The van der Waals surface area contributed by atoms with E-state index in [2.05, 4.69) is 22.8 Å². The van der Waals surface area contributed by atoms with Crippen LogP contribution in [0.4, 0.5) is 5.69 Å². The van der Waals surface area contributed by atoms with Crippen molar-refractivity contribution in [3.63, 3.8) is 0 Å². The van der Waals surface area contributed by atoms with Gasteiger partial charge >= 0.3 is 0 Å². The van der Waals surface area contributed by atoms with Crippen molar-refractivity contribution in [2.75, 3.05) is 5.32 Å². The second-order valence-corrected chi connectivity index (χ2v) is 8.12. The molecule has 0 fully saturated rings. The van der Waals surface area contributed by atoms with Gasteiger partial charge in [0.1, 0.15) is 5.01 Å². The first-order valence-corrected chi connectivity index (χ1v) is 10.4. The van der Waals surface area contributed by atoms with Crippen LogP contribution in [0.25, 0.3) is 20.8 Å². The zero-order chi connectivity index (χ0) is 20.2. The number of thiazole rings is 1. The molecular weight excluding hydrogens is 398 g/mol. The summed E-state index contributed by atoms with van der Waals surface area (Å²) in [7, 11) is 0. The van der Waals surface area contributed by atoms with Crippen molar-refractivity contribution in [1.82, 2.24) is 10.3 Å². The Morgan fingerprint density at radius 2 is 1.79 bits per heavy atom. The molecule has 0 spiro atoms. The van der Waals surface area contributed by atoms with Crippen molar-refractivity contribution in [3.05, 3.63) is 83.9 Å². The van der Waals surface area contributed by atoms with Crippen LogP contribution in [0.15, 0.2) is 72.8 Å². The second-order valence-electron chi connectivity index (χ2n) is 6.68. The van der Waals surface area contributed by atoms with Gasteiger partial charge in [-0.05, 0) is 60.6 Å². The first kappa shape index (κ1) is 19.2. The Bertz CT molecular complexity index is 1150. The lowest BCUT2D eigenvalue weighted by Crippen LogP contribution is -2.35. The Kier molecular flexibility index (Phi) is 5.64. The topological polar surface area (TPSA) is 54.0 Å². The quantitative estimate of drug-likeness (QED) is 0.441. The van der Waals surface area contributed by atoms with Crippen LogP contribution >= 0.6 is 23.6 Å². The van der Waals surface area contributed by atoms with E-state index in [9.17, 15) is 4.79 Å². The van der Waals surface area contributed by atoms with Gasteiger partial charge in [0.15, 0.2) is 5.11 Å². The molecule has 2 N–H and O–H groups in total. The Morgan fingerprint density at radius 3 is 2.55 bits per heavy atom. The summed E-state index contributed by atoms with van der Waals surface area (Å²) in [6.07, 6.45) is 0.290. The molecule has 0 saturated heterocycles. The largest absolute Gasteiger partial charge is 0.332 e. The van der Waals surface area contributed by atoms with Gasteiger partial charge in [-0.2, -0.15) is 0 Å². The summed E-state index contributed by atoms with van der Waals surface area (Å²) in [5.74, 6) is -0.141. The fourth-order valence-corrected chi connectivity index (χ4v) is 4.22. The first-order valence-electron chi connectivity index (χ1n) is 9.20. The molecule has 4 aromatic rings. The smallest absolute Gasteiger partial charge is 0.230 e. The van der Waals surface area contributed by atoms with E-state index in [1.165, 1.54) is 4.70 Å². The molecule has 0 aliphatic carbocycles. The summed E-state index contributed by atoms with van der Waals surface area (Å²) in [5, 5.41) is 7.13. The lowest BCUT2D eigenvalue weighted by Gasteiger charge is -2.12. The van der Waals surface area contributed by atoms with Crippen molar-refractivity contribution in [2.45, 2.75) is 13.3 Å². The number of carbonyl (C=O) groups is 1. The number of aryl methyl sites for hydroxylation is 1. The van der Waals surface area contributed by atoms with Gasteiger partial charge in [0.2, 0.25) is 5.91 Å². The number of fused-ring (bicyclic) bond motifs is 1. The predicted octanol–water partition coefficient (Wildman–Crippen LogP) is 5.33. The van der Waals surface area contributed by atoms with E-state index >= 15 is 0 Å². The molecule has 0 atom stereocenters. The molecule has 0 aliphatic heterocycles. The molecule has 1 amide bonds. The van der Waals surface area contributed by atoms with Crippen molar-refractivity contribution in [3.8, 4) is 10.6 Å². The van der Waals surface area contributed by atoms with Crippen molar-refractivity contribution < 1.29 is 4.79 Å². The van der Waals surface area contributed by atoms with Gasteiger partial charge in [0, 0.05) is 11.3 Å². The lowest BCUT2D eigenvalue weighted by molar-refractivity contribution is -0.119. The molecule has 0 unspecified atom stereocenters. The predicted molar refractivity (Wildman–Crippen MR) is 124 cm³/mol. The van der Waals surface area contributed by atoms with Crippen molar-refractivity contribution in [2.24, 2.45) is 0 Å². The van der Waals surface area contributed by atoms with E-state index in [1.807, 2.05) is 67.6 Å². The van der Waals surface area contributed by atoms with Crippen LogP contribution in [0.3, 0.4) is 0 Å². The van der Waals surface area contributed by atoms with Gasteiger partial charge in [0.05, 0.1) is 16.6 Å². The third kappa shape index (κ3) is 4.67. The molecule has 0 saturated carbocycles. The van der Waals surface area contributed by atoms with Crippen LogP contribution in [0.5, 0.6) is 0 Å². The Morgan fingerprint density at radius 1 is 1.03 bits per heavy atom. The SMILES string of the molecule is Cc1cc(-c2nc3ccccc3s2)ccc1NC(=S)NC(=O)Cc1ccccc1. The summed E-state index contributed by atoms with van der Waals surface area (Å²) in [6, 6.07) is 23.8. The van der Waals surface area contributed by atoms with E-state index in [0.717, 1.165) is 32.9 Å². The average molecular weight is 418 g/mol. The highest BCUT2D eigenvalue weighted by molar-refractivity contribution is 7.80. The van der Waals surface area contributed by atoms with E-state index < -0.39 is 0 Å². The fourth-order valence-electron chi connectivity index (χ4n) is 3.04. The van der Waals surface area contributed by atoms with Crippen LogP contribution in [-0.2, 0) is 11.2 Å². The van der Waals surface area contributed by atoms with Gasteiger partial charge < -0.3 is 10.6 Å². The highest BCUT2D eigenvalue weighted by atomic mass is 32.1. The number of carbonyl (C=O) groups excluding carboxylic acids is 1. The molecule has 4 nitrogen and oxygen atoms in total. The van der Waals surface area contributed by atoms with E-state index in [0.29, 0.717) is 5.11 Å². The van der Waals surface area contributed by atoms with Gasteiger partial charge in [0.25, 0.3) is 0 Å². The third-order valence-electron chi connectivity index (χ3n) is 4.48. The molecule has 0 bridgehead atoms. The molecule has 1 aromatic heterocycles. The third-order valence-corrected chi connectivity index (χ3v) is 5.77. The summed E-state index contributed by atoms with van der Waals surface area (Å²) < 4.78 is 1.17. The van der Waals surface area contributed by atoms with Crippen LogP contribution in [-0.4, -0.2) is 16.0 Å². The Balaban J connectivity index is 1.42. The van der Waals surface area contributed by atoms with Gasteiger partial charge in [-0.15, -0.1) is 11.3 Å². The zero-order valence-electron chi connectivity index (χ0n) is 15.8. The van der Waals surface area contributed by atoms with E-state index in [-0.39, 0.29) is 12.3 Å². The molecular formula is C23H19N3OS2. The number of thiocarbonyl (C=S) groups is 1. The Labute approximate surface area is 178 Å². The number of rotatable bonds is 4. The number of hydrogen-bond donors (Lipinski definition) is 2. The number of amides is 1. The summed E-state index contributed by atoms with van der Waals surface area (Å²) >= 11 is 6.98. The number of benzene rings is 3. The van der Waals surface area contributed by atoms with Crippen LogP contribution in [0, 0.1) is 6.92 Å². The number of hydrogen-bond acceptors (Lipinski definition) is 4. The number of anilines is 1. The van der Waals surface area contributed by atoms with Gasteiger partial charge in [-0.3, -0.25) is 4.79 Å². The van der Waals surface area contributed by atoms with Crippen LogP contribution < -0.4 is 10.6 Å². The molecule has 4 rings (SSSR count). The molecule has 0 aliphatic rings. The Hall–Kier alpha value is -3.09. The molecule has 144 valence electrons. The fraction of sp³-hybridized carbons (Fsp3) is 0.0870. The highest BCUT2D eigenvalue weighted by Gasteiger charge is 2.10. The number of nitrogens with zero attached hydrogens (tertiary/aromatic N) is 1. The normalized spacial score (nSPS) is 10.7. The summed E-state index contributed by atoms with van der Waals surface area (Å²) in [5.41, 5.74) is 4.91. The highest BCUT2D eigenvalue weighted by Crippen LogP contribution is 2.31. The zero-order valence-corrected chi connectivity index (χ0v) is 17.4. The van der Waals surface area contributed by atoms with E-state index in [1.54, 1.807) is 11.3 Å². The minimum absolute atomic E-state index is 0.141. The number of para-hydroxylation sites is 1. The monoisotopic (exact) mass is 417 g/mol. The second kappa shape index (κ2) is 8.51. The van der Waals surface area contributed by atoms with Crippen LogP contribution in [0.2, 0.25) is 0 Å². The maximum atomic E-state index is 12.2. The van der Waals surface area contributed by atoms with E-state index in [4.69, 9.17) is 17.2 Å². The minimum atomic E-state index is -0.141. The molecule has 29 heavy (non-hydrogen) atoms. The molecule has 0 radical (unpaired) electrons. The summed E-state index contributed by atoms with van der Waals surface area (Å²) in [6.45, 7) is 2.01. The van der Waals surface area contributed by atoms with Crippen molar-refractivity contribution >= 4 is 50.5 Å². The number of nitrogens with one attached hydrogen (secondary N) is 2. The maximum Gasteiger partial charge on any atom is 0.230 e. The standard InChI is InChI=1S/C23H19N3OS2/c1-15-13-17(22-24-19-9-5-6-10-20(19)29-22)11-12-18(15)25-23(28)26-21(27)14-16-7-3-2-4-8-16/h2-13H,14H2,1H3,(H2,25,26,27,28). The molecule has 1 heterocycles. The van der Waals surface area contributed by atoms with Gasteiger partial charge in [-0.25, -0.2) is 4.98 Å². The minimum Gasteiger partial charge on any atom is -0.332 e. The average Bonchev–Trinajstić information content (AvgIpc) is 3.14.